The topological polar surface area (TPSA) is 107 Å². The zero-order chi connectivity index (χ0) is 17.1. The van der Waals surface area contributed by atoms with Gasteiger partial charge in [-0.25, -0.2) is 0 Å². The minimum atomic E-state index is -0.458. The molecule has 2 amide bonds. The van der Waals surface area contributed by atoms with Gasteiger partial charge in [0, 0.05) is 32.7 Å². The molecule has 24 heavy (non-hydrogen) atoms. The first-order valence-electron chi connectivity index (χ1n) is 7.20. The highest BCUT2D eigenvalue weighted by Crippen LogP contribution is 2.16. The fourth-order valence-electron chi connectivity index (χ4n) is 2.19. The van der Waals surface area contributed by atoms with E-state index in [1.165, 1.54) is 11.7 Å². The van der Waals surface area contributed by atoms with E-state index < -0.39 is 5.91 Å². The summed E-state index contributed by atoms with van der Waals surface area (Å²) >= 11 is 0. The van der Waals surface area contributed by atoms with E-state index in [0.29, 0.717) is 18.0 Å². The van der Waals surface area contributed by atoms with Crippen LogP contribution in [0.2, 0.25) is 0 Å². The van der Waals surface area contributed by atoms with Crippen molar-refractivity contribution in [3.05, 3.63) is 54.0 Å². The van der Waals surface area contributed by atoms with E-state index in [1.807, 2.05) is 0 Å². The first-order chi connectivity index (χ1) is 11.6. The van der Waals surface area contributed by atoms with Crippen LogP contribution in [0.25, 0.3) is 0 Å². The monoisotopic (exact) mass is 328 g/mol. The molecule has 0 fully saturated rings. The van der Waals surface area contributed by atoms with Crippen LogP contribution in [0.15, 0.2) is 41.2 Å². The second-order valence-electron chi connectivity index (χ2n) is 5.07. The lowest BCUT2D eigenvalue weighted by Gasteiger charge is -2.02. The Kier molecular flexibility index (Phi) is 4.15. The molecule has 124 valence electrons. The molecule has 0 bridgehead atoms. The minimum absolute atomic E-state index is 0.136. The summed E-state index contributed by atoms with van der Waals surface area (Å²) in [6, 6.07) is 5.09. The zero-order valence-corrected chi connectivity index (χ0v) is 13.2. The van der Waals surface area contributed by atoms with Gasteiger partial charge in [0.1, 0.15) is 5.76 Å². The average molecular weight is 328 g/mol. The number of nitrogens with one attached hydrogen (secondary N) is 2. The first kappa shape index (κ1) is 15.5. The number of amides is 2. The Hall–Kier alpha value is -3.36. The Balaban J connectivity index is 1.74. The molecule has 3 aromatic rings. The Morgan fingerprint density at radius 1 is 1.29 bits per heavy atom. The van der Waals surface area contributed by atoms with Crippen molar-refractivity contribution >= 4 is 17.5 Å². The number of hydrogen-bond acceptors (Lipinski definition) is 5. The molecule has 0 unspecified atom stereocenters. The maximum absolute atomic E-state index is 12.3. The number of carbonyl (C=O) groups is 2. The molecule has 0 spiro atoms. The largest absolute Gasteiger partial charge is 0.454 e. The van der Waals surface area contributed by atoms with Crippen LogP contribution in [0.4, 0.5) is 5.69 Å². The number of aryl methyl sites for hydroxylation is 1. The molecule has 0 saturated heterocycles. The van der Waals surface area contributed by atoms with Crippen LogP contribution >= 0.6 is 0 Å². The number of anilines is 1. The van der Waals surface area contributed by atoms with Gasteiger partial charge in [-0.3, -0.25) is 19.0 Å². The molecular weight excluding hydrogens is 312 g/mol. The van der Waals surface area contributed by atoms with E-state index in [-0.39, 0.29) is 17.4 Å². The summed E-state index contributed by atoms with van der Waals surface area (Å²) in [7, 11) is 3.16. The van der Waals surface area contributed by atoms with Crippen LogP contribution in [-0.4, -0.2) is 38.4 Å². The first-order valence-corrected chi connectivity index (χ1v) is 7.20. The molecule has 3 aromatic heterocycles. The molecule has 0 saturated carbocycles. The second kappa shape index (κ2) is 6.41. The SMILES string of the molecule is CNC(=O)c1nn(C)cc1NC(=O)c1ccc(Cn2cccn2)o1. The smallest absolute Gasteiger partial charge is 0.291 e. The number of hydrogen-bond donors (Lipinski definition) is 2. The van der Waals surface area contributed by atoms with Gasteiger partial charge < -0.3 is 15.1 Å². The van der Waals surface area contributed by atoms with Crippen molar-refractivity contribution in [1.29, 1.82) is 0 Å². The standard InChI is InChI=1S/C15H16N6O3/c1-16-15(23)13-11(9-20(2)19-13)18-14(22)12-5-4-10(24-12)8-21-7-3-6-17-21/h3-7,9H,8H2,1-2H3,(H,16,23)(H,18,22). The summed E-state index contributed by atoms with van der Waals surface area (Å²) in [5, 5.41) is 13.2. The van der Waals surface area contributed by atoms with Gasteiger partial charge in [-0.15, -0.1) is 0 Å². The lowest BCUT2D eigenvalue weighted by Crippen LogP contribution is -2.21. The number of carbonyl (C=O) groups excluding carboxylic acids is 2. The molecule has 9 nitrogen and oxygen atoms in total. The summed E-state index contributed by atoms with van der Waals surface area (Å²) < 4.78 is 8.66. The van der Waals surface area contributed by atoms with Crippen molar-refractivity contribution in [2.24, 2.45) is 7.05 Å². The molecule has 2 N–H and O–H groups in total. The van der Waals surface area contributed by atoms with Crippen LogP contribution in [0.3, 0.4) is 0 Å². The predicted molar refractivity (Wildman–Crippen MR) is 84.6 cm³/mol. The van der Waals surface area contributed by atoms with Gasteiger partial charge in [0.25, 0.3) is 11.8 Å². The fourth-order valence-corrected chi connectivity index (χ4v) is 2.19. The van der Waals surface area contributed by atoms with Crippen LogP contribution in [-0.2, 0) is 13.6 Å². The minimum Gasteiger partial charge on any atom is -0.454 e. The van der Waals surface area contributed by atoms with Crippen molar-refractivity contribution in [3.63, 3.8) is 0 Å². The molecule has 3 rings (SSSR count). The van der Waals surface area contributed by atoms with Crippen molar-refractivity contribution in [1.82, 2.24) is 24.9 Å². The lowest BCUT2D eigenvalue weighted by atomic mass is 10.3. The van der Waals surface area contributed by atoms with Gasteiger partial charge in [-0.05, 0) is 18.2 Å². The van der Waals surface area contributed by atoms with Crippen molar-refractivity contribution in [3.8, 4) is 0 Å². The number of furan rings is 1. The second-order valence-corrected chi connectivity index (χ2v) is 5.07. The van der Waals surface area contributed by atoms with Crippen LogP contribution in [0, 0.1) is 0 Å². The van der Waals surface area contributed by atoms with Gasteiger partial charge in [0.15, 0.2) is 11.5 Å². The van der Waals surface area contributed by atoms with Crippen LogP contribution < -0.4 is 10.6 Å². The van der Waals surface area contributed by atoms with Gasteiger partial charge in [-0.1, -0.05) is 0 Å². The van der Waals surface area contributed by atoms with Gasteiger partial charge in [-0.2, -0.15) is 10.2 Å². The summed E-state index contributed by atoms with van der Waals surface area (Å²) in [5.74, 6) is -0.102. The van der Waals surface area contributed by atoms with Crippen molar-refractivity contribution in [2.75, 3.05) is 12.4 Å². The molecule has 0 aliphatic rings. The lowest BCUT2D eigenvalue weighted by molar-refractivity contribution is 0.0958. The molecule has 0 atom stereocenters. The fraction of sp³-hybridized carbons (Fsp3) is 0.200. The number of aromatic nitrogens is 4. The number of rotatable bonds is 5. The third-order valence-electron chi connectivity index (χ3n) is 3.28. The van der Waals surface area contributed by atoms with Gasteiger partial charge in [0.05, 0.1) is 12.2 Å². The summed E-state index contributed by atoms with van der Waals surface area (Å²) in [6.07, 6.45) is 5.02. The molecule has 0 radical (unpaired) electrons. The highest BCUT2D eigenvalue weighted by molar-refractivity contribution is 6.06. The molecule has 0 aromatic carbocycles. The van der Waals surface area contributed by atoms with E-state index in [4.69, 9.17) is 4.42 Å². The van der Waals surface area contributed by atoms with Crippen LogP contribution in [0.5, 0.6) is 0 Å². The molecule has 3 heterocycles. The van der Waals surface area contributed by atoms with E-state index in [9.17, 15) is 9.59 Å². The normalized spacial score (nSPS) is 10.6. The molecular formula is C15H16N6O3. The molecule has 0 aliphatic heterocycles. The Morgan fingerprint density at radius 2 is 2.12 bits per heavy atom. The Labute approximate surface area is 137 Å². The summed E-state index contributed by atoms with van der Waals surface area (Å²) in [5.41, 5.74) is 0.448. The third-order valence-corrected chi connectivity index (χ3v) is 3.28. The highest BCUT2D eigenvalue weighted by Gasteiger charge is 2.19. The average Bonchev–Trinajstić information content (AvgIpc) is 3.29. The zero-order valence-electron chi connectivity index (χ0n) is 13.2. The van der Waals surface area contributed by atoms with E-state index in [0.717, 1.165) is 0 Å². The third kappa shape index (κ3) is 3.19. The Morgan fingerprint density at radius 3 is 2.83 bits per heavy atom. The highest BCUT2D eigenvalue weighted by atomic mass is 16.4. The Bertz CT molecular complexity index is 862. The molecule has 9 heteroatoms. The summed E-state index contributed by atoms with van der Waals surface area (Å²) in [6.45, 7) is 0.427. The van der Waals surface area contributed by atoms with Gasteiger partial charge in [0.2, 0.25) is 0 Å². The predicted octanol–water partition coefficient (Wildman–Crippen LogP) is 0.870. The maximum Gasteiger partial charge on any atom is 0.291 e. The van der Waals surface area contributed by atoms with E-state index in [2.05, 4.69) is 20.8 Å². The summed E-state index contributed by atoms with van der Waals surface area (Å²) in [4.78, 5) is 24.1. The van der Waals surface area contributed by atoms with Gasteiger partial charge >= 0.3 is 0 Å². The quantitative estimate of drug-likeness (QED) is 0.723. The van der Waals surface area contributed by atoms with Crippen molar-refractivity contribution < 1.29 is 14.0 Å². The van der Waals surface area contributed by atoms with E-state index in [1.54, 1.807) is 48.5 Å². The molecule has 0 aliphatic carbocycles. The van der Waals surface area contributed by atoms with Crippen molar-refractivity contribution in [2.45, 2.75) is 6.54 Å². The number of nitrogens with zero attached hydrogens (tertiary/aromatic N) is 4. The van der Waals surface area contributed by atoms with E-state index >= 15 is 0 Å². The maximum atomic E-state index is 12.3. The van der Waals surface area contributed by atoms with Crippen LogP contribution in [0.1, 0.15) is 26.8 Å².